The maximum absolute atomic E-state index is 13.6. The highest BCUT2D eigenvalue weighted by Crippen LogP contribution is 2.37. The second-order valence-electron chi connectivity index (χ2n) is 9.48. The molecule has 1 aliphatic heterocycles. The van der Waals surface area contributed by atoms with Crippen LogP contribution in [0, 0.1) is 10.7 Å². The molecule has 6 N–H and O–H groups in total. The smallest absolute Gasteiger partial charge is 0.270 e. The zero-order valence-corrected chi connectivity index (χ0v) is 29.7. The summed E-state index contributed by atoms with van der Waals surface area (Å²) in [6.07, 6.45) is -2.68. The summed E-state index contributed by atoms with van der Waals surface area (Å²) in [5.74, 6) is -3.71. The summed E-state index contributed by atoms with van der Waals surface area (Å²) >= 11 is 11.6. The van der Waals surface area contributed by atoms with Gasteiger partial charge in [-0.25, -0.2) is 4.42 Å². The molecule has 0 saturated heterocycles. The predicted molar refractivity (Wildman–Crippen MR) is 180 cm³/mol. The normalized spacial score (nSPS) is 15.4. The van der Waals surface area contributed by atoms with Crippen LogP contribution in [0.4, 0.5) is 5.69 Å². The van der Waals surface area contributed by atoms with E-state index in [1.807, 2.05) is 0 Å². The largest absolute Gasteiger partial charge is 0.394 e. The lowest BCUT2D eigenvalue weighted by molar-refractivity contribution is -0.116. The van der Waals surface area contributed by atoms with E-state index in [4.69, 9.17) is 11.8 Å². The number of aliphatic hydroxyl groups excluding tert-OH is 4. The molecule has 2 aromatic carbocycles. The van der Waals surface area contributed by atoms with Crippen molar-refractivity contribution in [3.05, 3.63) is 57.2 Å². The maximum atomic E-state index is 13.6. The van der Waals surface area contributed by atoms with Gasteiger partial charge in [-0.15, -0.1) is 0 Å². The summed E-state index contributed by atoms with van der Waals surface area (Å²) in [5, 5.41) is 43.8. The van der Waals surface area contributed by atoms with Gasteiger partial charge in [0.1, 0.15) is 6.54 Å². The molecule has 43 heavy (non-hydrogen) atoms. The van der Waals surface area contributed by atoms with E-state index in [9.17, 15) is 44.4 Å². The summed E-state index contributed by atoms with van der Waals surface area (Å²) in [6, 6.07) is 4.17. The molecule has 4 atom stereocenters. The second-order valence-corrected chi connectivity index (χ2v) is 13.1. The van der Waals surface area contributed by atoms with Crippen LogP contribution in [0.5, 0.6) is 0 Å². The highest BCUT2D eigenvalue weighted by molar-refractivity contribution is 14.1. The Hall–Kier alpha value is -1.69. The summed E-state index contributed by atoms with van der Waals surface area (Å²) in [7, 11) is 0. The third-order valence-electron chi connectivity index (χ3n) is 6.62. The van der Waals surface area contributed by atoms with Crippen LogP contribution in [0.1, 0.15) is 55.3 Å². The minimum absolute atomic E-state index is 0.00695. The second kappa shape index (κ2) is 15.1. The Morgan fingerprint density at radius 3 is 1.93 bits per heavy atom. The maximum Gasteiger partial charge on any atom is 0.270 e. The van der Waals surface area contributed by atoms with E-state index in [0.717, 1.165) is 4.90 Å². The molecule has 0 fully saturated rings. The van der Waals surface area contributed by atoms with Crippen molar-refractivity contribution in [2.75, 3.05) is 25.1 Å². The van der Waals surface area contributed by atoms with Crippen molar-refractivity contribution in [1.29, 1.82) is 0 Å². The number of halogens is 4. The Labute approximate surface area is 291 Å². The molecule has 1 aliphatic rings. The standard InChI is InChI=1S/C26H26ClI3N4O9/c1-10(14(37)8-35)31-23(40)17-19(28)18(26(43)34(27)11(2)15(38)9-36)21(30)22(20(17)29)32-16(39)7-33-24(41)12-5-3-4-6-13(12)25(33)42/h3-6,10-11,14-15,35-38H,7-9H2,1-2H3,(H,31,40)(H,32,39). The Bertz CT molecular complexity index is 1440. The van der Waals surface area contributed by atoms with Crippen molar-refractivity contribution < 1.29 is 44.4 Å². The van der Waals surface area contributed by atoms with E-state index >= 15 is 0 Å². The van der Waals surface area contributed by atoms with Crippen molar-refractivity contribution in [1.82, 2.24) is 14.6 Å². The monoisotopic (exact) mass is 954 g/mol. The molecule has 13 nitrogen and oxygen atoms in total. The van der Waals surface area contributed by atoms with E-state index in [2.05, 4.69) is 10.6 Å². The van der Waals surface area contributed by atoms with Gasteiger partial charge >= 0.3 is 0 Å². The lowest BCUT2D eigenvalue weighted by atomic mass is 10.1. The fourth-order valence-electron chi connectivity index (χ4n) is 3.99. The van der Waals surface area contributed by atoms with Crippen molar-refractivity contribution in [3.8, 4) is 0 Å². The van der Waals surface area contributed by atoms with Crippen LogP contribution in [0.15, 0.2) is 24.3 Å². The van der Waals surface area contributed by atoms with Gasteiger partial charge in [0.05, 0.1) is 72.6 Å². The van der Waals surface area contributed by atoms with Gasteiger partial charge in [-0.05, 0) is 93.8 Å². The minimum Gasteiger partial charge on any atom is -0.394 e. The van der Waals surface area contributed by atoms with E-state index < -0.39 is 73.6 Å². The molecular weight excluding hydrogens is 928 g/mol. The lowest BCUT2D eigenvalue weighted by Gasteiger charge is -2.27. The number of hydrogen-bond donors (Lipinski definition) is 6. The number of anilines is 1. The van der Waals surface area contributed by atoms with Gasteiger partial charge in [-0.1, -0.05) is 12.1 Å². The van der Waals surface area contributed by atoms with Gasteiger partial charge in [0.15, 0.2) is 0 Å². The van der Waals surface area contributed by atoms with Crippen LogP contribution >= 0.6 is 79.5 Å². The number of carbonyl (C=O) groups excluding carboxylic acids is 5. The van der Waals surface area contributed by atoms with Crippen molar-refractivity contribution in [2.45, 2.75) is 38.1 Å². The fourth-order valence-corrected chi connectivity index (χ4v) is 8.60. The molecule has 0 spiro atoms. The number of nitrogens with zero attached hydrogens (tertiary/aromatic N) is 2. The van der Waals surface area contributed by atoms with Crippen LogP contribution in [-0.2, 0) is 4.79 Å². The lowest BCUT2D eigenvalue weighted by Crippen LogP contribution is -2.44. The first kappa shape index (κ1) is 35.8. The minimum atomic E-state index is -1.39. The predicted octanol–water partition coefficient (Wildman–Crippen LogP) is 1.54. The van der Waals surface area contributed by atoms with Crippen LogP contribution in [0.2, 0.25) is 0 Å². The van der Waals surface area contributed by atoms with Gasteiger partial charge in [0.25, 0.3) is 23.6 Å². The van der Waals surface area contributed by atoms with Gasteiger partial charge in [-0.2, -0.15) is 0 Å². The fraction of sp³-hybridized carbons (Fsp3) is 0.346. The molecule has 232 valence electrons. The third kappa shape index (κ3) is 7.42. The summed E-state index contributed by atoms with van der Waals surface area (Å²) in [5.41, 5.74) is 0.133. The van der Waals surface area contributed by atoms with E-state index in [1.54, 1.807) is 79.9 Å². The van der Waals surface area contributed by atoms with Crippen molar-refractivity contribution >= 4 is 115 Å². The molecule has 17 heteroatoms. The number of nitrogens with one attached hydrogen (secondary N) is 2. The topological polar surface area (TPSA) is 197 Å². The highest BCUT2D eigenvalue weighted by atomic mass is 127. The summed E-state index contributed by atoms with van der Waals surface area (Å²) in [4.78, 5) is 66.6. The van der Waals surface area contributed by atoms with E-state index in [0.29, 0.717) is 4.42 Å². The van der Waals surface area contributed by atoms with Crippen LogP contribution < -0.4 is 10.6 Å². The molecule has 0 saturated carbocycles. The van der Waals surface area contributed by atoms with Crippen LogP contribution in [-0.4, -0.2) is 103 Å². The third-order valence-corrected chi connectivity index (χ3v) is 10.3. The average molecular weight is 955 g/mol. The Kier molecular flexibility index (Phi) is 12.5. The molecule has 0 aliphatic carbocycles. The van der Waals surface area contributed by atoms with Crippen molar-refractivity contribution in [2.24, 2.45) is 0 Å². The van der Waals surface area contributed by atoms with Crippen molar-refractivity contribution in [3.63, 3.8) is 0 Å². The molecule has 0 radical (unpaired) electrons. The molecule has 2 aromatic rings. The Morgan fingerprint density at radius 1 is 0.907 bits per heavy atom. The summed E-state index contributed by atoms with van der Waals surface area (Å²) < 4.78 is 1.13. The molecule has 5 amide bonds. The van der Waals surface area contributed by atoms with E-state index in [1.165, 1.54) is 26.0 Å². The number of imide groups is 1. The van der Waals surface area contributed by atoms with Crippen LogP contribution in [0.3, 0.4) is 0 Å². The molecule has 0 aromatic heterocycles. The summed E-state index contributed by atoms with van der Waals surface area (Å²) in [6.45, 7) is 0.888. The first-order valence-electron chi connectivity index (χ1n) is 12.5. The molecular formula is C26H26ClI3N4O9. The first-order chi connectivity index (χ1) is 20.2. The molecule has 3 rings (SSSR count). The number of benzene rings is 2. The quantitative estimate of drug-likeness (QED) is 0.110. The number of fused-ring (bicyclic) bond motifs is 1. The van der Waals surface area contributed by atoms with Gasteiger partial charge in [-0.3, -0.25) is 28.9 Å². The number of rotatable bonds is 11. The zero-order valence-electron chi connectivity index (χ0n) is 22.5. The molecule has 4 unspecified atom stereocenters. The van der Waals surface area contributed by atoms with E-state index in [-0.39, 0.29) is 38.7 Å². The highest BCUT2D eigenvalue weighted by Gasteiger charge is 2.38. The number of amides is 5. The van der Waals surface area contributed by atoms with Crippen LogP contribution in [0.25, 0.3) is 0 Å². The van der Waals surface area contributed by atoms with Gasteiger partial charge < -0.3 is 31.1 Å². The Morgan fingerprint density at radius 2 is 1.42 bits per heavy atom. The first-order valence-corrected chi connectivity index (χ1v) is 16.1. The zero-order chi connectivity index (χ0) is 32.3. The van der Waals surface area contributed by atoms with Gasteiger partial charge in [0, 0.05) is 15.3 Å². The SMILES string of the molecule is CC(NC(=O)c1c(I)c(NC(=O)CN2C(=O)c3ccccc3C2=O)c(I)c(C(=O)N(Cl)C(C)C(O)CO)c1I)C(O)CO. The number of hydrogen-bond acceptors (Lipinski definition) is 9. The average Bonchev–Trinajstić information content (AvgIpc) is 3.22. The molecule has 0 bridgehead atoms. The number of carbonyl (C=O) groups is 5. The Balaban J connectivity index is 2.06. The molecule has 1 heterocycles. The number of aliphatic hydroxyl groups is 4. The van der Waals surface area contributed by atoms with Gasteiger partial charge in [0.2, 0.25) is 5.91 Å².